The highest BCUT2D eigenvalue weighted by Crippen LogP contribution is 2.26. The highest BCUT2D eigenvalue weighted by molar-refractivity contribution is 5.43. The van der Waals surface area contributed by atoms with Crippen molar-refractivity contribution in [3.05, 3.63) is 11.3 Å². The summed E-state index contributed by atoms with van der Waals surface area (Å²) in [5.74, 6) is 0.305. The predicted molar refractivity (Wildman–Crippen MR) is 131 cm³/mol. The van der Waals surface area contributed by atoms with Gasteiger partial charge in [0.2, 0.25) is 5.95 Å². The van der Waals surface area contributed by atoms with E-state index in [0.29, 0.717) is 5.78 Å². The molecular formula is C25H46N6O. The van der Waals surface area contributed by atoms with E-state index in [9.17, 15) is 5.11 Å². The van der Waals surface area contributed by atoms with Gasteiger partial charge in [0.1, 0.15) is 0 Å². The van der Waals surface area contributed by atoms with Gasteiger partial charge in [0.15, 0.2) is 0 Å². The Balaban J connectivity index is 0.000000227. The van der Waals surface area contributed by atoms with E-state index in [1.165, 1.54) is 86.5 Å². The minimum Gasteiger partial charge on any atom is -0.858 e. The van der Waals surface area contributed by atoms with Crippen LogP contribution in [-0.2, 0) is 12.8 Å². The van der Waals surface area contributed by atoms with Crippen molar-refractivity contribution in [2.45, 2.75) is 105 Å². The van der Waals surface area contributed by atoms with Crippen molar-refractivity contribution in [1.82, 2.24) is 19.6 Å². The number of fused-ring (bicyclic) bond motifs is 2. The van der Waals surface area contributed by atoms with Gasteiger partial charge in [0.05, 0.1) is 26.2 Å². The molecule has 0 fully saturated rings. The minimum atomic E-state index is -0.112. The molecule has 0 atom stereocenters. The lowest BCUT2D eigenvalue weighted by Gasteiger charge is -2.39. The van der Waals surface area contributed by atoms with Crippen molar-refractivity contribution in [2.75, 3.05) is 31.9 Å². The summed E-state index contributed by atoms with van der Waals surface area (Å²) in [4.78, 5) is 8.21. The van der Waals surface area contributed by atoms with E-state index >= 15 is 0 Å². The van der Waals surface area contributed by atoms with E-state index in [0.717, 1.165) is 36.9 Å². The van der Waals surface area contributed by atoms with Gasteiger partial charge in [-0.25, -0.2) is 9.50 Å². The van der Waals surface area contributed by atoms with Gasteiger partial charge in [-0.2, -0.15) is 4.98 Å². The lowest BCUT2D eigenvalue weighted by molar-refractivity contribution is -0.929. The Bertz CT molecular complexity index is 766. The Morgan fingerprint density at radius 3 is 1.81 bits per heavy atom. The number of hydrogen-bond donors (Lipinski definition) is 1. The molecule has 2 heterocycles. The molecule has 1 aliphatic rings. The Morgan fingerprint density at radius 1 is 0.812 bits per heavy atom. The lowest BCUT2D eigenvalue weighted by atomic mass is 9.97. The van der Waals surface area contributed by atoms with Crippen LogP contribution in [0.25, 0.3) is 5.78 Å². The Hall–Kier alpha value is -1.89. The molecule has 182 valence electrons. The maximum absolute atomic E-state index is 12.0. The molecule has 0 aliphatic heterocycles. The first kappa shape index (κ1) is 26.4. The quantitative estimate of drug-likeness (QED) is 0.479. The van der Waals surface area contributed by atoms with Gasteiger partial charge in [-0.15, -0.1) is 5.10 Å². The monoisotopic (exact) mass is 446 g/mol. The van der Waals surface area contributed by atoms with E-state index in [1.807, 2.05) is 0 Å². The van der Waals surface area contributed by atoms with E-state index in [-0.39, 0.29) is 11.8 Å². The van der Waals surface area contributed by atoms with Crippen LogP contribution in [0.2, 0.25) is 0 Å². The fourth-order valence-electron chi connectivity index (χ4n) is 4.66. The third-order valence-corrected chi connectivity index (χ3v) is 6.67. The zero-order valence-corrected chi connectivity index (χ0v) is 21.0. The molecule has 0 aromatic carbocycles. The molecule has 0 unspecified atom stereocenters. The highest BCUT2D eigenvalue weighted by Gasteiger charge is 2.24. The maximum atomic E-state index is 12.0. The maximum Gasteiger partial charge on any atom is 0.253 e. The van der Waals surface area contributed by atoms with Crippen molar-refractivity contribution in [3.8, 4) is 5.88 Å². The van der Waals surface area contributed by atoms with Gasteiger partial charge in [-0.3, -0.25) is 0 Å². The first-order valence-corrected chi connectivity index (χ1v) is 13.1. The zero-order valence-electron chi connectivity index (χ0n) is 21.0. The van der Waals surface area contributed by atoms with Gasteiger partial charge in [-0.1, -0.05) is 53.4 Å². The topological polar surface area (TPSA) is 92.2 Å². The number of aromatic nitrogens is 4. The highest BCUT2D eigenvalue weighted by atomic mass is 16.3. The number of nitrogen functional groups attached to an aromatic ring is 1. The average molecular weight is 447 g/mol. The number of rotatable bonds is 12. The third kappa shape index (κ3) is 7.32. The van der Waals surface area contributed by atoms with Gasteiger partial charge in [-0.05, 0) is 62.8 Å². The van der Waals surface area contributed by atoms with Crippen LogP contribution in [0.1, 0.15) is 103 Å². The molecule has 2 N–H and O–H groups in total. The lowest BCUT2D eigenvalue weighted by Crippen LogP contribution is -2.50. The van der Waals surface area contributed by atoms with E-state index in [1.54, 1.807) is 0 Å². The average Bonchev–Trinajstić information content (AvgIpc) is 3.19. The first-order chi connectivity index (χ1) is 15.5. The number of quaternary nitrogens is 1. The molecule has 0 spiro atoms. The summed E-state index contributed by atoms with van der Waals surface area (Å²) in [6, 6.07) is 0. The summed E-state index contributed by atoms with van der Waals surface area (Å²) < 4.78 is 2.61. The van der Waals surface area contributed by atoms with E-state index < -0.39 is 0 Å². The Kier molecular flexibility index (Phi) is 11.2. The number of anilines is 1. The number of nitrogens with two attached hydrogens (primary N) is 1. The second-order valence-electron chi connectivity index (χ2n) is 9.38. The predicted octanol–water partition coefficient (Wildman–Crippen LogP) is 4.66. The van der Waals surface area contributed by atoms with Crippen molar-refractivity contribution in [3.63, 3.8) is 0 Å². The molecule has 7 heteroatoms. The van der Waals surface area contributed by atoms with E-state index in [4.69, 9.17) is 5.73 Å². The number of aryl methyl sites for hydroxylation is 1. The van der Waals surface area contributed by atoms with Crippen LogP contribution in [0.15, 0.2) is 0 Å². The van der Waals surface area contributed by atoms with Crippen LogP contribution < -0.4 is 10.8 Å². The number of unbranched alkanes of at least 4 members (excludes halogenated alkanes) is 4. The molecule has 0 saturated carbocycles. The summed E-state index contributed by atoms with van der Waals surface area (Å²) in [7, 11) is 0. The molecule has 0 amide bonds. The van der Waals surface area contributed by atoms with Crippen LogP contribution in [0.3, 0.4) is 0 Å². The standard InChI is InChI=1S/C16H36N.C9H11N5O/c1-5-9-13-17(14-10-6-2,15-11-7-3)16-12-8-4;10-8-12-9-11-6-4-2-1-3-5(6)7(15)14(9)13-8/h5-16H2,1-4H3;15H,1-4H2,(H2,10,13)/q+1;/p-1. The first-order valence-electron chi connectivity index (χ1n) is 13.1. The van der Waals surface area contributed by atoms with Crippen LogP contribution in [-0.4, -0.2) is 50.2 Å². The second kappa shape index (κ2) is 13.6. The zero-order chi connectivity index (χ0) is 23.4. The normalized spacial score (nSPS) is 13.6. The van der Waals surface area contributed by atoms with E-state index in [2.05, 4.69) is 42.8 Å². The second-order valence-corrected chi connectivity index (χ2v) is 9.38. The van der Waals surface area contributed by atoms with Gasteiger partial charge in [0.25, 0.3) is 5.78 Å². The molecule has 32 heavy (non-hydrogen) atoms. The van der Waals surface area contributed by atoms with Crippen molar-refractivity contribution >= 4 is 11.7 Å². The fourth-order valence-corrected chi connectivity index (χ4v) is 4.66. The molecule has 2 aromatic rings. The SMILES string of the molecule is CCCC[N+](CCCC)(CCCC)CCCC.Nc1nc2nc3c(c([O-])n2n1)CCCC3. The molecule has 0 radical (unpaired) electrons. The Morgan fingerprint density at radius 2 is 1.31 bits per heavy atom. The van der Waals surface area contributed by atoms with Gasteiger partial charge >= 0.3 is 0 Å². The Labute approximate surface area is 195 Å². The van der Waals surface area contributed by atoms with Gasteiger partial charge in [0, 0.05) is 5.69 Å². The molecular weight excluding hydrogens is 400 g/mol. The number of hydrogen-bond acceptors (Lipinski definition) is 5. The van der Waals surface area contributed by atoms with Crippen LogP contribution >= 0.6 is 0 Å². The molecule has 3 rings (SSSR count). The third-order valence-electron chi connectivity index (χ3n) is 6.67. The van der Waals surface area contributed by atoms with Crippen molar-refractivity contribution < 1.29 is 9.59 Å². The summed E-state index contributed by atoms with van der Waals surface area (Å²) in [5.41, 5.74) is 7.08. The summed E-state index contributed by atoms with van der Waals surface area (Å²) in [5, 5.41) is 15.8. The van der Waals surface area contributed by atoms with Crippen LogP contribution in [0.4, 0.5) is 5.95 Å². The molecule has 2 aromatic heterocycles. The summed E-state index contributed by atoms with van der Waals surface area (Å²) in [6.45, 7) is 15.0. The fraction of sp³-hybridized carbons (Fsp3) is 0.800. The van der Waals surface area contributed by atoms with Crippen molar-refractivity contribution in [2.24, 2.45) is 0 Å². The van der Waals surface area contributed by atoms with Crippen LogP contribution in [0, 0.1) is 0 Å². The smallest absolute Gasteiger partial charge is 0.253 e. The number of nitrogens with zero attached hydrogens (tertiary/aromatic N) is 5. The largest absolute Gasteiger partial charge is 0.858 e. The minimum absolute atomic E-state index is 0.0990. The molecule has 0 saturated heterocycles. The summed E-state index contributed by atoms with van der Waals surface area (Å²) >= 11 is 0. The van der Waals surface area contributed by atoms with Crippen molar-refractivity contribution in [1.29, 1.82) is 0 Å². The summed E-state index contributed by atoms with van der Waals surface area (Å²) in [6.07, 6.45) is 14.8. The van der Waals surface area contributed by atoms with Gasteiger partial charge < -0.3 is 15.3 Å². The molecule has 7 nitrogen and oxygen atoms in total. The molecule has 0 bridgehead atoms. The molecule has 1 aliphatic carbocycles. The van der Waals surface area contributed by atoms with Crippen LogP contribution in [0.5, 0.6) is 5.88 Å².